The van der Waals surface area contributed by atoms with E-state index in [0.717, 1.165) is 11.8 Å². The first kappa shape index (κ1) is 10.6. The Morgan fingerprint density at radius 3 is 2.79 bits per heavy atom. The third-order valence-electron chi connectivity index (χ3n) is 3.27. The first-order chi connectivity index (χ1) is 6.95. The third-order valence-corrected chi connectivity index (χ3v) is 4.50. The van der Waals surface area contributed by atoms with Crippen LogP contribution in [0.2, 0.25) is 0 Å². The highest BCUT2D eigenvalue weighted by molar-refractivity contribution is 7.99. The third kappa shape index (κ3) is 3.32. The van der Waals surface area contributed by atoms with E-state index in [1.54, 1.807) is 0 Å². The molecule has 80 valence electrons. The van der Waals surface area contributed by atoms with E-state index in [0.29, 0.717) is 0 Å². The Hall–Kier alpha value is 0.0500. The Labute approximate surface area is 91.7 Å². The largest absolute Gasteiger partial charge is 0.316 e. The summed E-state index contributed by atoms with van der Waals surface area (Å²) in [6, 6.07) is 0. The van der Waals surface area contributed by atoms with E-state index in [9.17, 15) is 0 Å². The molecule has 0 aromatic rings. The minimum absolute atomic E-state index is 0.911. The van der Waals surface area contributed by atoms with Gasteiger partial charge in [0.2, 0.25) is 0 Å². The molecule has 14 heavy (non-hydrogen) atoms. The van der Waals surface area contributed by atoms with E-state index in [1.165, 1.54) is 50.3 Å². The minimum Gasteiger partial charge on any atom is -0.316 e. The molecule has 1 N–H and O–H groups in total. The van der Waals surface area contributed by atoms with Gasteiger partial charge in [-0.2, -0.15) is 11.8 Å². The van der Waals surface area contributed by atoms with Crippen LogP contribution in [0.3, 0.4) is 0 Å². The van der Waals surface area contributed by atoms with Gasteiger partial charge in [0.1, 0.15) is 0 Å². The van der Waals surface area contributed by atoms with Crippen molar-refractivity contribution < 1.29 is 0 Å². The van der Waals surface area contributed by atoms with Crippen LogP contribution in [0.25, 0.3) is 0 Å². The average molecular weight is 211 g/mol. The highest BCUT2D eigenvalue weighted by Gasteiger charge is 2.15. The molecule has 0 spiro atoms. The molecule has 0 amide bonds. The Balaban J connectivity index is 1.55. The maximum atomic E-state index is 3.65. The van der Waals surface area contributed by atoms with Gasteiger partial charge in [0.15, 0.2) is 0 Å². The number of hydrogen-bond acceptors (Lipinski definition) is 2. The number of allylic oxidation sites excluding steroid dienone is 2. The SMILES string of the molecule is C1=CCC(CNCC2CCSC2)CC1. The number of hydrogen-bond donors (Lipinski definition) is 1. The normalized spacial score (nSPS) is 32.3. The highest BCUT2D eigenvalue weighted by atomic mass is 32.2. The van der Waals surface area contributed by atoms with Gasteiger partial charge in [0.25, 0.3) is 0 Å². The first-order valence-corrected chi connectivity index (χ1v) is 7.04. The molecule has 1 aliphatic carbocycles. The van der Waals surface area contributed by atoms with Crippen LogP contribution in [0.15, 0.2) is 12.2 Å². The highest BCUT2D eigenvalue weighted by Crippen LogP contribution is 2.23. The standard InChI is InChI=1S/C12H21NS/c1-2-4-11(5-3-1)8-13-9-12-6-7-14-10-12/h1-2,11-13H,3-10H2. The zero-order valence-corrected chi connectivity index (χ0v) is 9.69. The lowest BCUT2D eigenvalue weighted by Crippen LogP contribution is -2.28. The molecular formula is C12H21NS. The van der Waals surface area contributed by atoms with Gasteiger partial charge < -0.3 is 5.32 Å². The van der Waals surface area contributed by atoms with Crippen molar-refractivity contribution in [3.05, 3.63) is 12.2 Å². The van der Waals surface area contributed by atoms with Gasteiger partial charge in [-0.15, -0.1) is 0 Å². The smallest absolute Gasteiger partial charge is 0.00122 e. The molecule has 2 atom stereocenters. The summed E-state index contributed by atoms with van der Waals surface area (Å²) in [5.74, 6) is 4.64. The summed E-state index contributed by atoms with van der Waals surface area (Å²) in [5.41, 5.74) is 0. The molecule has 0 radical (unpaired) electrons. The molecule has 0 bridgehead atoms. The summed E-state index contributed by atoms with van der Waals surface area (Å²) in [5, 5.41) is 3.65. The van der Waals surface area contributed by atoms with Crippen molar-refractivity contribution in [3.63, 3.8) is 0 Å². The summed E-state index contributed by atoms with van der Waals surface area (Å²) in [6.07, 6.45) is 10.1. The second-order valence-corrected chi connectivity index (χ2v) is 5.69. The van der Waals surface area contributed by atoms with Gasteiger partial charge in [-0.3, -0.25) is 0 Å². The molecule has 1 saturated heterocycles. The number of rotatable bonds is 4. The first-order valence-electron chi connectivity index (χ1n) is 5.88. The van der Waals surface area contributed by atoms with E-state index in [2.05, 4.69) is 29.2 Å². The minimum atomic E-state index is 0.911. The van der Waals surface area contributed by atoms with Crippen LogP contribution in [-0.4, -0.2) is 24.6 Å². The summed E-state index contributed by atoms with van der Waals surface area (Å²) in [7, 11) is 0. The van der Waals surface area contributed by atoms with Crippen LogP contribution in [0.5, 0.6) is 0 Å². The fourth-order valence-corrected chi connectivity index (χ4v) is 3.56. The van der Waals surface area contributed by atoms with Crippen LogP contribution in [-0.2, 0) is 0 Å². The van der Waals surface area contributed by atoms with Crippen molar-refractivity contribution in [2.24, 2.45) is 11.8 Å². The fraction of sp³-hybridized carbons (Fsp3) is 0.833. The summed E-state index contributed by atoms with van der Waals surface area (Å²) >= 11 is 2.12. The predicted molar refractivity (Wildman–Crippen MR) is 64.8 cm³/mol. The summed E-state index contributed by atoms with van der Waals surface area (Å²) < 4.78 is 0. The number of thioether (sulfide) groups is 1. The van der Waals surface area contributed by atoms with Gasteiger partial charge in [-0.1, -0.05) is 12.2 Å². The van der Waals surface area contributed by atoms with Crippen LogP contribution in [0, 0.1) is 11.8 Å². The molecule has 1 nitrogen and oxygen atoms in total. The monoisotopic (exact) mass is 211 g/mol. The lowest BCUT2D eigenvalue weighted by molar-refractivity contribution is 0.417. The molecule has 1 fully saturated rings. The lowest BCUT2D eigenvalue weighted by Gasteiger charge is -2.19. The zero-order valence-electron chi connectivity index (χ0n) is 8.87. The van der Waals surface area contributed by atoms with Crippen molar-refractivity contribution >= 4 is 11.8 Å². The van der Waals surface area contributed by atoms with Gasteiger partial charge in [0, 0.05) is 0 Å². The summed E-state index contributed by atoms with van der Waals surface area (Å²) in [6.45, 7) is 2.50. The maximum Gasteiger partial charge on any atom is -0.00122 e. The van der Waals surface area contributed by atoms with Gasteiger partial charge in [0.05, 0.1) is 0 Å². The lowest BCUT2D eigenvalue weighted by atomic mass is 9.94. The molecule has 2 unspecified atom stereocenters. The average Bonchev–Trinajstić information content (AvgIpc) is 2.72. The van der Waals surface area contributed by atoms with Crippen LogP contribution < -0.4 is 5.32 Å². The molecule has 0 aromatic heterocycles. The van der Waals surface area contributed by atoms with Crippen molar-refractivity contribution in [3.8, 4) is 0 Å². The molecular weight excluding hydrogens is 190 g/mol. The van der Waals surface area contributed by atoms with Crippen LogP contribution >= 0.6 is 11.8 Å². The van der Waals surface area contributed by atoms with Gasteiger partial charge in [-0.05, 0) is 62.1 Å². The van der Waals surface area contributed by atoms with Crippen LogP contribution in [0.1, 0.15) is 25.7 Å². The maximum absolute atomic E-state index is 3.65. The molecule has 0 aromatic carbocycles. The molecule has 1 heterocycles. The molecule has 2 rings (SSSR count). The Morgan fingerprint density at radius 2 is 2.07 bits per heavy atom. The molecule has 0 saturated carbocycles. The Morgan fingerprint density at radius 1 is 1.14 bits per heavy atom. The second-order valence-electron chi connectivity index (χ2n) is 4.54. The molecule has 2 aliphatic rings. The van der Waals surface area contributed by atoms with Crippen molar-refractivity contribution in [2.45, 2.75) is 25.7 Å². The summed E-state index contributed by atoms with van der Waals surface area (Å²) in [4.78, 5) is 0. The van der Waals surface area contributed by atoms with E-state index in [4.69, 9.17) is 0 Å². The topological polar surface area (TPSA) is 12.0 Å². The fourth-order valence-electron chi connectivity index (χ4n) is 2.28. The molecule has 1 aliphatic heterocycles. The van der Waals surface area contributed by atoms with Crippen molar-refractivity contribution in [2.75, 3.05) is 24.6 Å². The Kier molecular flexibility index (Phi) is 4.39. The second kappa shape index (κ2) is 5.82. The van der Waals surface area contributed by atoms with Gasteiger partial charge >= 0.3 is 0 Å². The van der Waals surface area contributed by atoms with Crippen LogP contribution in [0.4, 0.5) is 0 Å². The van der Waals surface area contributed by atoms with Crippen molar-refractivity contribution in [1.82, 2.24) is 5.32 Å². The van der Waals surface area contributed by atoms with E-state index in [1.807, 2.05) is 0 Å². The predicted octanol–water partition coefficient (Wildman–Crippen LogP) is 2.69. The Bertz CT molecular complexity index is 185. The molecule has 2 heteroatoms. The van der Waals surface area contributed by atoms with E-state index >= 15 is 0 Å². The van der Waals surface area contributed by atoms with Gasteiger partial charge in [-0.25, -0.2) is 0 Å². The zero-order chi connectivity index (χ0) is 9.64. The quantitative estimate of drug-likeness (QED) is 0.718. The van der Waals surface area contributed by atoms with Crippen molar-refractivity contribution in [1.29, 1.82) is 0 Å². The van der Waals surface area contributed by atoms with E-state index < -0.39 is 0 Å². The van der Waals surface area contributed by atoms with E-state index in [-0.39, 0.29) is 0 Å². The number of nitrogens with one attached hydrogen (secondary N) is 1.